The van der Waals surface area contributed by atoms with Crippen LogP contribution in [0.3, 0.4) is 0 Å². The fourth-order valence-electron chi connectivity index (χ4n) is 2.48. The van der Waals surface area contributed by atoms with E-state index in [1.54, 1.807) is 17.4 Å². The minimum absolute atomic E-state index is 0.317. The second-order valence-corrected chi connectivity index (χ2v) is 6.18. The van der Waals surface area contributed by atoms with Gasteiger partial charge >= 0.3 is 0 Å². The topological polar surface area (TPSA) is 24.9 Å². The molecule has 0 fully saturated rings. The van der Waals surface area contributed by atoms with E-state index in [4.69, 9.17) is 16.6 Å². The van der Waals surface area contributed by atoms with Crippen molar-refractivity contribution in [3.8, 4) is 10.6 Å². The van der Waals surface area contributed by atoms with Gasteiger partial charge in [-0.3, -0.25) is 0 Å². The summed E-state index contributed by atoms with van der Waals surface area (Å²) in [4.78, 5) is 6.03. The van der Waals surface area contributed by atoms with Gasteiger partial charge in [0, 0.05) is 10.4 Å². The molecule has 2 nitrogen and oxygen atoms in total. The fraction of sp³-hybridized carbons (Fsp3) is 0.357. The van der Waals surface area contributed by atoms with Gasteiger partial charge in [-0.05, 0) is 44.5 Å². The summed E-state index contributed by atoms with van der Waals surface area (Å²) < 4.78 is 13.1. The Morgan fingerprint density at radius 3 is 3.05 bits per heavy atom. The van der Waals surface area contributed by atoms with Gasteiger partial charge in [0.2, 0.25) is 0 Å². The number of nitrogens with zero attached hydrogens (tertiary/aromatic N) is 1. The van der Waals surface area contributed by atoms with Crippen LogP contribution in [0.15, 0.2) is 18.2 Å². The number of hydrogen-bond acceptors (Lipinski definition) is 3. The van der Waals surface area contributed by atoms with Crippen LogP contribution in [0.25, 0.3) is 10.6 Å². The quantitative estimate of drug-likeness (QED) is 0.898. The molecule has 0 aliphatic heterocycles. The van der Waals surface area contributed by atoms with Crippen LogP contribution in [0.2, 0.25) is 5.02 Å². The summed E-state index contributed by atoms with van der Waals surface area (Å²) in [5.41, 5.74) is 1.95. The minimum atomic E-state index is -0.317. The zero-order chi connectivity index (χ0) is 13.4. The van der Waals surface area contributed by atoms with E-state index >= 15 is 0 Å². The lowest BCUT2D eigenvalue weighted by Crippen LogP contribution is -2.21. The Morgan fingerprint density at radius 2 is 2.32 bits per heavy atom. The number of aromatic nitrogens is 1. The van der Waals surface area contributed by atoms with E-state index in [0.29, 0.717) is 11.1 Å². The molecule has 0 saturated heterocycles. The summed E-state index contributed by atoms with van der Waals surface area (Å²) in [7, 11) is 1.96. The Morgan fingerprint density at radius 1 is 1.47 bits per heavy atom. The van der Waals surface area contributed by atoms with Gasteiger partial charge < -0.3 is 5.32 Å². The predicted molar refractivity (Wildman–Crippen MR) is 77.3 cm³/mol. The van der Waals surface area contributed by atoms with E-state index < -0.39 is 0 Å². The van der Waals surface area contributed by atoms with E-state index in [9.17, 15) is 4.39 Å². The van der Waals surface area contributed by atoms with Gasteiger partial charge in [0.25, 0.3) is 0 Å². The van der Waals surface area contributed by atoms with Crippen LogP contribution in [-0.2, 0) is 6.42 Å². The number of halogens is 2. The molecule has 0 saturated carbocycles. The lowest BCUT2D eigenvalue weighted by molar-refractivity contribution is 0.490. The molecular weight excluding hydrogens is 283 g/mol. The van der Waals surface area contributed by atoms with Crippen molar-refractivity contribution in [2.45, 2.75) is 25.3 Å². The van der Waals surface area contributed by atoms with Gasteiger partial charge in [0.15, 0.2) is 0 Å². The van der Waals surface area contributed by atoms with Crippen LogP contribution in [-0.4, -0.2) is 12.0 Å². The first-order chi connectivity index (χ1) is 9.19. The van der Waals surface area contributed by atoms with Crippen molar-refractivity contribution in [3.63, 3.8) is 0 Å². The molecule has 0 amide bonds. The molecule has 1 atom stereocenters. The molecule has 1 aliphatic carbocycles. The molecule has 1 N–H and O–H groups in total. The molecule has 1 unspecified atom stereocenters. The third kappa shape index (κ3) is 2.40. The zero-order valence-corrected chi connectivity index (χ0v) is 12.1. The van der Waals surface area contributed by atoms with Gasteiger partial charge in [-0.1, -0.05) is 11.6 Å². The lowest BCUT2D eigenvalue weighted by Gasteiger charge is -2.19. The third-order valence-corrected chi connectivity index (χ3v) is 4.94. The number of thiazole rings is 1. The van der Waals surface area contributed by atoms with Crippen LogP contribution >= 0.6 is 22.9 Å². The Hall–Kier alpha value is -0.970. The molecule has 1 aromatic heterocycles. The van der Waals surface area contributed by atoms with E-state index in [1.165, 1.54) is 23.4 Å². The van der Waals surface area contributed by atoms with E-state index in [1.807, 2.05) is 7.05 Å². The lowest BCUT2D eigenvalue weighted by atomic mass is 9.98. The van der Waals surface area contributed by atoms with Crippen molar-refractivity contribution in [3.05, 3.63) is 39.6 Å². The number of nitrogens with one attached hydrogen (secondary N) is 1. The number of rotatable bonds is 2. The maximum Gasteiger partial charge on any atom is 0.125 e. The average Bonchev–Trinajstić information content (AvgIpc) is 2.81. The van der Waals surface area contributed by atoms with Crippen molar-refractivity contribution in [1.29, 1.82) is 0 Å². The second-order valence-electron chi connectivity index (χ2n) is 4.69. The SMILES string of the molecule is CNC1CCCc2sc(-c3ccc(F)cc3Cl)nc21. The molecule has 0 radical (unpaired) electrons. The molecule has 0 bridgehead atoms. The summed E-state index contributed by atoms with van der Waals surface area (Å²) in [6.45, 7) is 0. The first-order valence-electron chi connectivity index (χ1n) is 6.31. The van der Waals surface area contributed by atoms with Crippen molar-refractivity contribution in [2.75, 3.05) is 7.05 Å². The highest BCUT2D eigenvalue weighted by atomic mass is 35.5. The highest BCUT2D eigenvalue weighted by Gasteiger charge is 2.24. The summed E-state index contributed by atoms with van der Waals surface area (Å²) in [6.07, 6.45) is 3.37. The van der Waals surface area contributed by atoms with Gasteiger partial charge in [0.1, 0.15) is 10.8 Å². The molecule has 2 aromatic rings. The molecular formula is C14H14ClFN2S. The molecule has 1 aliphatic rings. The highest BCUT2D eigenvalue weighted by Crippen LogP contribution is 2.39. The largest absolute Gasteiger partial charge is 0.312 e. The molecule has 0 spiro atoms. The highest BCUT2D eigenvalue weighted by molar-refractivity contribution is 7.15. The van der Waals surface area contributed by atoms with Gasteiger partial charge in [-0.15, -0.1) is 11.3 Å². The summed E-state index contributed by atoms with van der Waals surface area (Å²) in [5.74, 6) is -0.317. The van der Waals surface area contributed by atoms with Crippen molar-refractivity contribution < 1.29 is 4.39 Å². The van der Waals surface area contributed by atoms with Crippen LogP contribution in [0.1, 0.15) is 29.5 Å². The summed E-state index contributed by atoms with van der Waals surface area (Å²) in [6, 6.07) is 4.80. The molecule has 1 aromatic carbocycles. The Kier molecular flexibility index (Phi) is 3.56. The monoisotopic (exact) mass is 296 g/mol. The smallest absolute Gasteiger partial charge is 0.125 e. The maximum absolute atomic E-state index is 13.1. The number of aryl methyl sites for hydroxylation is 1. The van der Waals surface area contributed by atoms with E-state index in [2.05, 4.69) is 5.32 Å². The number of hydrogen-bond donors (Lipinski definition) is 1. The molecule has 5 heteroatoms. The third-order valence-electron chi connectivity index (χ3n) is 3.46. The maximum atomic E-state index is 13.1. The van der Waals surface area contributed by atoms with E-state index in [-0.39, 0.29) is 5.82 Å². The summed E-state index contributed by atoms with van der Waals surface area (Å²) in [5, 5.41) is 4.61. The average molecular weight is 297 g/mol. The number of benzene rings is 1. The Balaban J connectivity index is 2.05. The van der Waals surface area contributed by atoms with Gasteiger partial charge in [-0.2, -0.15) is 0 Å². The van der Waals surface area contributed by atoms with Crippen LogP contribution in [0.5, 0.6) is 0 Å². The van der Waals surface area contributed by atoms with Crippen LogP contribution in [0, 0.1) is 5.82 Å². The first kappa shape index (κ1) is 13.0. The first-order valence-corrected chi connectivity index (χ1v) is 7.51. The second kappa shape index (κ2) is 5.19. The predicted octanol–water partition coefficient (Wildman–Crippen LogP) is 4.20. The number of fused-ring (bicyclic) bond motifs is 1. The van der Waals surface area contributed by atoms with Gasteiger partial charge in [-0.25, -0.2) is 9.37 Å². The molecule has 19 heavy (non-hydrogen) atoms. The van der Waals surface area contributed by atoms with Crippen molar-refractivity contribution in [1.82, 2.24) is 10.3 Å². The summed E-state index contributed by atoms with van der Waals surface area (Å²) >= 11 is 7.78. The molecule has 1 heterocycles. The standard InChI is InChI=1S/C14H14ClFN2S/c1-17-11-3-2-4-12-13(11)18-14(19-12)9-6-5-8(16)7-10(9)15/h5-7,11,17H,2-4H2,1H3. The minimum Gasteiger partial charge on any atom is -0.312 e. The van der Waals surface area contributed by atoms with E-state index in [0.717, 1.165) is 29.1 Å². The van der Waals surface area contributed by atoms with Crippen molar-refractivity contribution >= 4 is 22.9 Å². The fourth-order valence-corrected chi connectivity index (χ4v) is 3.99. The Bertz CT molecular complexity index is 611. The van der Waals surface area contributed by atoms with Gasteiger partial charge in [0.05, 0.1) is 16.8 Å². The van der Waals surface area contributed by atoms with Crippen LogP contribution < -0.4 is 5.32 Å². The normalized spacial score (nSPS) is 18.4. The van der Waals surface area contributed by atoms with Crippen molar-refractivity contribution in [2.24, 2.45) is 0 Å². The Labute approximate surface area is 120 Å². The van der Waals surface area contributed by atoms with Crippen LogP contribution in [0.4, 0.5) is 4.39 Å². The molecule has 100 valence electrons. The zero-order valence-electron chi connectivity index (χ0n) is 10.5. The molecule has 3 rings (SSSR count).